The third-order valence-electron chi connectivity index (χ3n) is 3.23. The van der Waals surface area contributed by atoms with Crippen LogP contribution >= 0.6 is 11.3 Å². The van der Waals surface area contributed by atoms with E-state index >= 15 is 0 Å². The Morgan fingerprint density at radius 3 is 2.79 bits per heavy atom. The number of hydrogen-bond acceptors (Lipinski definition) is 4. The lowest BCUT2D eigenvalue weighted by Crippen LogP contribution is -2.61. The molecule has 2 amide bonds. The summed E-state index contributed by atoms with van der Waals surface area (Å²) in [6.07, 6.45) is 1.56. The highest BCUT2D eigenvalue weighted by Crippen LogP contribution is 2.20. The Hall–Kier alpha value is -1.43. The maximum atomic E-state index is 12.3. The monoisotopic (exact) mass is 281 g/mol. The van der Waals surface area contributed by atoms with E-state index in [0.717, 1.165) is 17.1 Å². The molecule has 0 saturated carbocycles. The summed E-state index contributed by atoms with van der Waals surface area (Å²) in [5, 5.41) is 5.58. The van der Waals surface area contributed by atoms with Crippen LogP contribution in [0.25, 0.3) is 0 Å². The van der Waals surface area contributed by atoms with Crippen LogP contribution in [0.2, 0.25) is 0 Å². The minimum Gasteiger partial charge on any atom is -0.343 e. The first-order chi connectivity index (χ1) is 9.02. The molecule has 1 aliphatic rings. The van der Waals surface area contributed by atoms with Gasteiger partial charge in [0.05, 0.1) is 6.54 Å². The first kappa shape index (κ1) is 14.0. The molecule has 0 aromatic carbocycles. The van der Waals surface area contributed by atoms with Crippen molar-refractivity contribution in [1.82, 2.24) is 15.2 Å². The Morgan fingerprint density at radius 2 is 2.21 bits per heavy atom. The highest BCUT2D eigenvalue weighted by molar-refractivity contribution is 7.09. The van der Waals surface area contributed by atoms with Crippen molar-refractivity contribution < 1.29 is 9.59 Å². The molecular formula is C13H19N3O2S. The fraction of sp³-hybridized carbons (Fsp3) is 0.615. The number of carbonyl (C=O) groups excluding carboxylic acids is 2. The molecule has 2 heterocycles. The quantitative estimate of drug-likeness (QED) is 0.909. The van der Waals surface area contributed by atoms with Crippen LogP contribution < -0.4 is 5.32 Å². The van der Waals surface area contributed by atoms with E-state index in [0.29, 0.717) is 13.0 Å². The number of piperazine rings is 1. The van der Waals surface area contributed by atoms with Gasteiger partial charge >= 0.3 is 0 Å². The third kappa shape index (κ3) is 2.94. The van der Waals surface area contributed by atoms with Crippen LogP contribution in [0.15, 0.2) is 5.38 Å². The number of amides is 2. The van der Waals surface area contributed by atoms with Crippen molar-refractivity contribution in [2.45, 2.75) is 52.2 Å². The summed E-state index contributed by atoms with van der Waals surface area (Å²) in [4.78, 5) is 30.3. The average molecular weight is 281 g/mol. The van der Waals surface area contributed by atoms with E-state index in [4.69, 9.17) is 0 Å². The van der Waals surface area contributed by atoms with Crippen LogP contribution in [0.3, 0.4) is 0 Å². The summed E-state index contributed by atoms with van der Waals surface area (Å²) in [5.74, 6) is -0.0758. The average Bonchev–Trinajstić information content (AvgIpc) is 2.76. The van der Waals surface area contributed by atoms with E-state index < -0.39 is 6.04 Å². The molecule has 5 nitrogen and oxygen atoms in total. The maximum absolute atomic E-state index is 12.3. The van der Waals surface area contributed by atoms with Crippen LogP contribution in [-0.4, -0.2) is 33.8 Å². The lowest BCUT2D eigenvalue weighted by Gasteiger charge is -2.37. The molecule has 1 aliphatic heterocycles. The minimum atomic E-state index is -0.443. The molecule has 1 aromatic heterocycles. The molecule has 1 N–H and O–H groups in total. The normalized spacial score (nSPS) is 23.6. The lowest BCUT2D eigenvalue weighted by atomic mass is 10.0. The van der Waals surface area contributed by atoms with Gasteiger partial charge in [-0.1, -0.05) is 13.3 Å². The molecule has 1 aromatic rings. The molecule has 0 spiro atoms. The number of thiazole rings is 1. The summed E-state index contributed by atoms with van der Waals surface area (Å²) >= 11 is 1.53. The van der Waals surface area contributed by atoms with E-state index in [1.807, 2.05) is 19.2 Å². The molecule has 1 fully saturated rings. The molecular weight excluding hydrogens is 262 g/mol. The predicted molar refractivity (Wildman–Crippen MR) is 73.7 cm³/mol. The van der Waals surface area contributed by atoms with Crippen molar-refractivity contribution in [3.8, 4) is 0 Å². The fourth-order valence-corrected chi connectivity index (χ4v) is 3.05. The first-order valence-electron chi connectivity index (χ1n) is 6.54. The van der Waals surface area contributed by atoms with Crippen molar-refractivity contribution in [2.75, 3.05) is 0 Å². The molecule has 1 saturated heterocycles. The van der Waals surface area contributed by atoms with Crippen molar-refractivity contribution in [2.24, 2.45) is 0 Å². The van der Waals surface area contributed by atoms with Gasteiger partial charge in [0, 0.05) is 11.1 Å². The van der Waals surface area contributed by atoms with Crippen LogP contribution in [-0.2, 0) is 16.1 Å². The number of aromatic nitrogens is 1. The number of rotatable bonds is 4. The van der Waals surface area contributed by atoms with Gasteiger partial charge in [0.25, 0.3) is 0 Å². The molecule has 2 atom stereocenters. The zero-order valence-corrected chi connectivity index (χ0v) is 12.3. The van der Waals surface area contributed by atoms with Gasteiger partial charge in [-0.3, -0.25) is 9.59 Å². The van der Waals surface area contributed by atoms with Gasteiger partial charge in [-0.15, -0.1) is 11.3 Å². The summed E-state index contributed by atoms with van der Waals surface area (Å²) in [6, 6.07) is -0.806. The van der Waals surface area contributed by atoms with Crippen molar-refractivity contribution in [1.29, 1.82) is 0 Å². The van der Waals surface area contributed by atoms with Gasteiger partial charge in [-0.25, -0.2) is 4.98 Å². The second-order valence-corrected chi connectivity index (χ2v) is 5.83. The molecule has 19 heavy (non-hydrogen) atoms. The van der Waals surface area contributed by atoms with Crippen LogP contribution in [0.1, 0.15) is 37.4 Å². The molecule has 0 aliphatic carbocycles. The Balaban J connectivity index is 2.20. The molecule has 2 unspecified atom stereocenters. The van der Waals surface area contributed by atoms with Gasteiger partial charge in [-0.2, -0.15) is 0 Å². The van der Waals surface area contributed by atoms with Crippen LogP contribution in [0, 0.1) is 6.92 Å². The predicted octanol–water partition coefficient (Wildman–Crippen LogP) is 1.47. The Kier molecular flexibility index (Phi) is 4.19. The fourth-order valence-electron chi connectivity index (χ4n) is 2.28. The Morgan fingerprint density at radius 1 is 1.47 bits per heavy atom. The smallest absolute Gasteiger partial charge is 0.245 e. The molecule has 104 valence electrons. The second kappa shape index (κ2) is 5.69. The summed E-state index contributed by atoms with van der Waals surface area (Å²) in [7, 11) is 0. The van der Waals surface area contributed by atoms with Crippen molar-refractivity contribution in [3.05, 3.63) is 16.1 Å². The third-order valence-corrected chi connectivity index (χ3v) is 4.18. The zero-order valence-electron chi connectivity index (χ0n) is 11.5. The number of nitrogens with zero attached hydrogens (tertiary/aromatic N) is 2. The summed E-state index contributed by atoms with van der Waals surface area (Å²) in [5.41, 5.74) is 0.953. The minimum absolute atomic E-state index is 0.0223. The van der Waals surface area contributed by atoms with E-state index in [1.54, 1.807) is 11.8 Å². The Labute approximate surface area is 117 Å². The van der Waals surface area contributed by atoms with Gasteiger partial charge in [0.2, 0.25) is 11.8 Å². The van der Waals surface area contributed by atoms with E-state index in [1.165, 1.54) is 11.3 Å². The topological polar surface area (TPSA) is 62.3 Å². The lowest BCUT2D eigenvalue weighted by molar-refractivity contribution is -0.149. The SMILES string of the molecule is CCCC1C(=O)NC(C)C(=O)N1Cc1nc(C)cs1. The maximum Gasteiger partial charge on any atom is 0.245 e. The highest BCUT2D eigenvalue weighted by Gasteiger charge is 2.38. The van der Waals surface area contributed by atoms with E-state index in [-0.39, 0.29) is 17.9 Å². The molecule has 0 radical (unpaired) electrons. The van der Waals surface area contributed by atoms with Crippen LogP contribution in [0.4, 0.5) is 0 Å². The number of hydrogen-bond donors (Lipinski definition) is 1. The van der Waals surface area contributed by atoms with Crippen molar-refractivity contribution >= 4 is 23.2 Å². The van der Waals surface area contributed by atoms with E-state index in [9.17, 15) is 9.59 Å². The summed E-state index contributed by atoms with van der Waals surface area (Å²) in [6.45, 7) is 6.10. The first-order valence-corrected chi connectivity index (χ1v) is 7.42. The van der Waals surface area contributed by atoms with Crippen molar-refractivity contribution in [3.63, 3.8) is 0 Å². The standard InChI is InChI=1S/C13H19N3O2S/c1-4-5-10-12(17)15-9(3)13(18)16(10)6-11-14-8(2)7-19-11/h7,9-10H,4-6H2,1-3H3,(H,15,17). The van der Waals surface area contributed by atoms with Crippen LogP contribution in [0.5, 0.6) is 0 Å². The second-order valence-electron chi connectivity index (χ2n) is 4.88. The molecule has 6 heteroatoms. The highest BCUT2D eigenvalue weighted by atomic mass is 32.1. The molecule has 2 rings (SSSR count). The number of nitrogens with one attached hydrogen (secondary N) is 1. The Bertz CT molecular complexity index is 486. The largest absolute Gasteiger partial charge is 0.343 e. The van der Waals surface area contributed by atoms with Gasteiger partial charge in [-0.05, 0) is 20.3 Å². The molecule has 0 bridgehead atoms. The zero-order chi connectivity index (χ0) is 14.0. The number of carbonyl (C=O) groups is 2. The van der Waals surface area contributed by atoms with Gasteiger partial charge in [0.15, 0.2) is 0 Å². The number of aryl methyl sites for hydroxylation is 1. The summed E-state index contributed by atoms with van der Waals surface area (Å²) < 4.78 is 0. The van der Waals surface area contributed by atoms with E-state index in [2.05, 4.69) is 10.3 Å². The van der Waals surface area contributed by atoms with Gasteiger partial charge in [0.1, 0.15) is 17.1 Å². The van der Waals surface area contributed by atoms with Gasteiger partial charge < -0.3 is 10.2 Å².